The highest BCUT2D eigenvalue weighted by Crippen LogP contribution is 2.15. The molecule has 0 saturated heterocycles. The standard InChI is InChI=1S/C17H24ClN5O/c1-4-14-13(15(5-2)24-23-14)11-22-17(19-3)20-9-8-12-6-7-16(18)21-10-12/h6-7,10H,4-5,8-9,11H2,1-3H3,(H2,19,20,22). The quantitative estimate of drug-likeness (QED) is 0.456. The molecule has 2 aromatic rings. The van der Waals surface area contributed by atoms with E-state index in [0.717, 1.165) is 54.3 Å². The van der Waals surface area contributed by atoms with Crippen LogP contribution in [0.15, 0.2) is 27.8 Å². The van der Waals surface area contributed by atoms with Crippen LogP contribution in [0.4, 0.5) is 0 Å². The zero-order valence-corrected chi connectivity index (χ0v) is 15.2. The summed E-state index contributed by atoms with van der Waals surface area (Å²) in [5.74, 6) is 1.68. The van der Waals surface area contributed by atoms with Gasteiger partial charge in [0.25, 0.3) is 0 Å². The van der Waals surface area contributed by atoms with Gasteiger partial charge in [0.15, 0.2) is 5.96 Å². The molecule has 0 radical (unpaired) electrons. The molecule has 0 aliphatic carbocycles. The molecule has 0 aliphatic heterocycles. The maximum atomic E-state index is 5.79. The van der Waals surface area contributed by atoms with Gasteiger partial charge in [-0.05, 0) is 24.5 Å². The maximum Gasteiger partial charge on any atom is 0.191 e. The van der Waals surface area contributed by atoms with Gasteiger partial charge in [0.2, 0.25) is 0 Å². The van der Waals surface area contributed by atoms with E-state index >= 15 is 0 Å². The number of nitrogens with one attached hydrogen (secondary N) is 2. The molecule has 0 aliphatic rings. The van der Waals surface area contributed by atoms with E-state index in [1.165, 1.54) is 0 Å². The van der Waals surface area contributed by atoms with Gasteiger partial charge in [-0.2, -0.15) is 0 Å². The van der Waals surface area contributed by atoms with E-state index in [4.69, 9.17) is 16.1 Å². The molecule has 6 nitrogen and oxygen atoms in total. The minimum Gasteiger partial charge on any atom is -0.361 e. The summed E-state index contributed by atoms with van der Waals surface area (Å²) >= 11 is 5.79. The van der Waals surface area contributed by atoms with E-state index in [1.54, 1.807) is 19.3 Å². The molecule has 2 aromatic heterocycles. The van der Waals surface area contributed by atoms with Gasteiger partial charge in [0.05, 0.1) is 5.69 Å². The monoisotopic (exact) mass is 349 g/mol. The number of guanidine groups is 1. The fourth-order valence-electron chi connectivity index (χ4n) is 2.41. The Kier molecular flexibility index (Phi) is 7.06. The predicted molar refractivity (Wildman–Crippen MR) is 96.4 cm³/mol. The Balaban J connectivity index is 1.84. The third kappa shape index (κ3) is 4.96. The van der Waals surface area contributed by atoms with E-state index in [0.29, 0.717) is 11.7 Å². The fourth-order valence-corrected chi connectivity index (χ4v) is 2.52. The maximum absolute atomic E-state index is 5.79. The van der Waals surface area contributed by atoms with Crippen molar-refractivity contribution in [3.8, 4) is 0 Å². The van der Waals surface area contributed by atoms with Crippen LogP contribution in [0.5, 0.6) is 0 Å². The lowest BCUT2D eigenvalue weighted by atomic mass is 10.1. The lowest BCUT2D eigenvalue weighted by molar-refractivity contribution is 0.380. The number of rotatable bonds is 7. The van der Waals surface area contributed by atoms with Gasteiger partial charge in [0, 0.05) is 38.3 Å². The van der Waals surface area contributed by atoms with Crippen LogP contribution in [-0.4, -0.2) is 29.7 Å². The molecular formula is C17H24ClN5O. The lowest BCUT2D eigenvalue weighted by Crippen LogP contribution is -2.38. The third-order valence-corrected chi connectivity index (χ3v) is 3.98. The van der Waals surface area contributed by atoms with E-state index in [9.17, 15) is 0 Å². The van der Waals surface area contributed by atoms with Gasteiger partial charge in [-0.3, -0.25) is 4.99 Å². The summed E-state index contributed by atoms with van der Waals surface area (Å²) in [6, 6.07) is 3.78. The summed E-state index contributed by atoms with van der Waals surface area (Å²) in [5, 5.41) is 11.3. The van der Waals surface area contributed by atoms with Gasteiger partial charge >= 0.3 is 0 Å². The molecule has 0 saturated carbocycles. The van der Waals surface area contributed by atoms with Crippen molar-refractivity contribution in [2.45, 2.75) is 39.7 Å². The van der Waals surface area contributed by atoms with Crippen LogP contribution in [0.1, 0.15) is 36.4 Å². The number of halogens is 1. The Morgan fingerprint density at radius 1 is 1.25 bits per heavy atom. The van der Waals surface area contributed by atoms with Crippen molar-refractivity contribution in [2.24, 2.45) is 4.99 Å². The Morgan fingerprint density at radius 3 is 2.71 bits per heavy atom. The first-order valence-corrected chi connectivity index (χ1v) is 8.56. The molecule has 0 spiro atoms. The first-order chi connectivity index (χ1) is 11.7. The predicted octanol–water partition coefficient (Wildman–Crippen LogP) is 2.76. The largest absolute Gasteiger partial charge is 0.361 e. The Bertz CT molecular complexity index is 645. The molecule has 2 heterocycles. The van der Waals surface area contributed by atoms with Crippen LogP contribution in [-0.2, 0) is 25.8 Å². The molecule has 0 aromatic carbocycles. The minimum absolute atomic E-state index is 0.511. The highest BCUT2D eigenvalue weighted by molar-refractivity contribution is 6.29. The molecule has 0 unspecified atom stereocenters. The van der Waals surface area contributed by atoms with Crippen molar-refractivity contribution < 1.29 is 4.52 Å². The topological polar surface area (TPSA) is 75.3 Å². The SMILES string of the molecule is CCc1noc(CC)c1CNC(=NC)NCCc1ccc(Cl)nc1. The fraction of sp³-hybridized carbons (Fsp3) is 0.471. The molecule has 2 N–H and O–H groups in total. The first kappa shape index (κ1) is 18.3. The molecule has 0 atom stereocenters. The van der Waals surface area contributed by atoms with E-state index in [2.05, 4.69) is 39.6 Å². The average Bonchev–Trinajstić information content (AvgIpc) is 3.01. The molecule has 2 rings (SSSR count). The molecule has 24 heavy (non-hydrogen) atoms. The van der Waals surface area contributed by atoms with E-state index < -0.39 is 0 Å². The van der Waals surface area contributed by atoms with Crippen molar-refractivity contribution in [1.82, 2.24) is 20.8 Å². The summed E-state index contributed by atoms with van der Waals surface area (Å²) in [6.07, 6.45) is 4.33. The number of nitrogens with zero attached hydrogens (tertiary/aromatic N) is 3. The van der Waals surface area contributed by atoms with Crippen LogP contribution in [0, 0.1) is 0 Å². The van der Waals surface area contributed by atoms with E-state index in [-0.39, 0.29) is 0 Å². The number of pyridine rings is 1. The van der Waals surface area contributed by atoms with Crippen LogP contribution in [0.25, 0.3) is 0 Å². The van der Waals surface area contributed by atoms with Crippen molar-refractivity contribution in [2.75, 3.05) is 13.6 Å². The van der Waals surface area contributed by atoms with Crippen molar-refractivity contribution in [3.05, 3.63) is 46.1 Å². The second kappa shape index (κ2) is 9.27. The minimum atomic E-state index is 0.511. The van der Waals surface area contributed by atoms with Gasteiger partial charge in [0.1, 0.15) is 10.9 Å². The normalized spacial score (nSPS) is 11.6. The number of aliphatic imine (C=N–C) groups is 1. The zero-order chi connectivity index (χ0) is 17.4. The summed E-state index contributed by atoms with van der Waals surface area (Å²) < 4.78 is 5.38. The molecule has 0 fully saturated rings. The number of aryl methyl sites for hydroxylation is 2. The Hall–Kier alpha value is -2.08. The number of hydrogen-bond acceptors (Lipinski definition) is 4. The smallest absolute Gasteiger partial charge is 0.191 e. The van der Waals surface area contributed by atoms with Crippen molar-refractivity contribution in [3.63, 3.8) is 0 Å². The average molecular weight is 350 g/mol. The summed E-state index contributed by atoms with van der Waals surface area (Å²) in [7, 11) is 1.76. The Labute approximate surface area is 147 Å². The highest BCUT2D eigenvalue weighted by atomic mass is 35.5. The molecule has 130 valence electrons. The third-order valence-electron chi connectivity index (χ3n) is 3.76. The molecule has 0 bridgehead atoms. The van der Waals surface area contributed by atoms with Crippen molar-refractivity contribution >= 4 is 17.6 Å². The van der Waals surface area contributed by atoms with Gasteiger partial charge < -0.3 is 15.2 Å². The number of hydrogen-bond donors (Lipinski definition) is 2. The Morgan fingerprint density at radius 2 is 2.08 bits per heavy atom. The highest BCUT2D eigenvalue weighted by Gasteiger charge is 2.13. The molecular weight excluding hydrogens is 326 g/mol. The lowest BCUT2D eigenvalue weighted by Gasteiger charge is -2.12. The van der Waals surface area contributed by atoms with Crippen LogP contribution in [0.3, 0.4) is 0 Å². The van der Waals surface area contributed by atoms with Crippen molar-refractivity contribution in [1.29, 1.82) is 0 Å². The summed E-state index contributed by atoms with van der Waals surface area (Å²) in [6.45, 7) is 5.55. The van der Waals surface area contributed by atoms with Crippen LogP contribution < -0.4 is 10.6 Å². The number of aromatic nitrogens is 2. The van der Waals surface area contributed by atoms with E-state index in [1.807, 2.05) is 6.07 Å². The first-order valence-electron chi connectivity index (χ1n) is 8.19. The van der Waals surface area contributed by atoms with Gasteiger partial charge in [-0.15, -0.1) is 0 Å². The van der Waals surface area contributed by atoms with Gasteiger partial charge in [-0.25, -0.2) is 4.98 Å². The summed E-state index contributed by atoms with van der Waals surface area (Å²) in [5.41, 5.74) is 3.26. The second-order valence-corrected chi connectivity index (χ2v) is 5.72. The summed E-state index contributed by atoms with van der Waals surface area (Å²) in [4.78, 5) is 8.33. The zero-order valence-electron chi connectivity index (χ0n) is 14.4. The van der Waals surface area contributed by atoms with Crippen LogP contribution in [0.2, 0.25) is 5.15 Å². The molecule has 0 amide bonds. The second-order valence-electron chi connectivity index (χ2n) is 5.33. The van der Waals surface area contributed by atoms with Gasteiger partial charge in [-0.1, -0.05) is 36.7 Å². The van der Waals surface area contributed by atoms with Crippen LogP contribution >= 0.6 is 11.6 Å². The molecule has 7 heteroatoms.